The number of aryl methyl sites for hydroxylation is 4. The molecule has 0 N–H and O–H groups in total. The molecule has 3 heteroatoms. The molecule has 12 bridgehead atoms. The van der Waals surface area contributed by atoms with E-state index in [0.717, 1.165) is 60.5 Å². The minimum absolute atomic E-state index is 0.520. The summed E-state index contributed by atoms with van der Waals surface area (Å²) in [6, 6.07) is 22.3. The zero-order valence-electron chi connectivity index (χ0n) is 29.4. The van der Waals surface area contributed by atoms with Crippen LogP contribution in [0.4, 0.5) is 0 Å². The van der Waals surface area contributed by atoms with E-state index in [9.17, 15) is 10.5 Å². The molecule has 4 unspecified atom stereocenters. The Balaban J connectivity index is 1.23. The zero-order valence-corrected chi connectivity index (χ0v) is 29.4. The Labute approximate surface area is 299 Å². The van der Waals surface area contributed by atoms with Crippen LogP contribution in [0, 0.1) is 46.3 Å². The van der Waals surface area contributed by atoms with Crippen molar-refractivity contribution < 1.29 is 0 Å². The molecule has 3 nitrogen and oxygen atoms in total. The van der Waals surface area contributed by atoms with Crippen molar-refractivity contribution >= 4 is 38.1 Å². The van der Waals surface area contributed by atoms with Gasteiger partial charge in [0.2, 0.25) is 0 Å². The number of hydrogen-bond donors (Lipinski definition) is 0. The molecule has 2 aromatic heterocycles. The van der Waals surface area contributed by atoms with Crippen molar-refractivity contribution in [3.8, 4) is 12.1 Å². The van der Waals surface area contributed by atoms with Crippen molar-refractivity contribution in [1.82, 2.24) is 4.40 Å². The molecule has 15 rings (SSSR count). The van der Waals surface area contributed by atoms with E-state index in [2.05, 4.69) is 59.0 Å². The third-order valence-electron chi connectivity index (χ3n) is 16.0. The van der Waals surface area contributed by atoms with Gasteiger partial charge in [-0.15, -0.1) is 0 Å². The molecule has 9 aliphatic rings. The Morgan fingerprint density at radius 1 is 0.471 bits per heavy atom. The average molecular weight is 662 g/mol. The van der Waals surface area contributed by atoms with Crippen LogP contribution in [0.3, 0.4) is 0 Å². The summed E-state index contributed by atoms with van der Waals surface area (Å²) in [5, 5.41) is 27.8. The maximum Gasteiger partial charge on any atom is 0.0995 e. The normalized spacial score (nSPS) is 31.2. The number of aromatic nitrogens is 1. The number of benzene rings is 4. The quantitative estimate of drug-likeness (QED) is 0.163. The highest BCUT2D eigenvalue weighted by molar-refractivity contribution is 6.27. The highest BCUT2D eigenvalue weighted by Gasteiger charge is 2.47. The summed E-state index contributed by atoms with van der Waals surface area (Å²) in [6.07, 6.45) is 17.2. The Hall–Kier alpha value is -4.34. The predicted octanol–water partition coefficient (Wildman–Crippen LogP) is 11.2. The maximum atomic E-state index is 11.0. The van der Waals surface area contributed by atoms with E-state index < -0.39 is 0 Å². The monoisotopic (exact) mass is 661 g/mol. The lowest BCUT2D eigenvalue weighted by molar-refractivity contribution is 0.166. The van der Waals surface area contributed by atoms with Crippen LogP contribution < -0.4 is 0 Å². The summed E-state index contributed by atoms with van der Waals surface area (Å²) in [7, 11) is 0. The molecule has 0 aliphatic heterocycles. The summed E-state index contributed by atoms with van der Waals surface area (Å²) < 4.78 is 2.63. The highest BCUT2D eigenvalue weighted by atomic mass is 14.9. The van der Waals surface area contributed by atoms with Crippen molar-refractivity contribution in [1.29, 1.82) is 10.5 Å². The first-order chi connectivity index (χ1) is 25.1. The molecule has 0 radical (unpaired) electrons. The van der Waals surface area contributed by atoms with Crippen LogP contribution in [-0.2, 0) is 25.7 Å². The van der Waals surface area contributed by atoms with Crippen molar-refractivity contribution in [2.45, 2.75) is 114 Å². The van der Waals surface area contributed by atoms with E-state index in [-0.39, 0.29) is 0 Å². The van der Waals surface area contributed by atoms with E-state index in [1.165, 1.54) is 136 Å². The Bertz CT molecular complexity index is 2440. The molecule has 0 amide bonds. The van der Waals surface area contributed by atoms with Crippen LogP contribution in [0.1, 0.15) is 144 Å². The predicted molar refractivity (Wildman–Crippen MR) is 203 cm³/mol. The SMILES string of the molecule is N#Cc1cc2c(c3c1C1CC4CC(C1)CC3C4)c1c3cc(c4c5c6c(c(C#N)cc5n2c14)C1CC2CC(C1)CC6C2)CCc1cccc(c1)CC3. The second kappa shape index (κ2) is 9.75. The molecule has 0 spiro atoms. The van der Waals surface area contributed by atoms with Crippen LogP contribution in [0.15, 0.2) is 42.5 Å². The summed E-state index contributed by atoms with van der Waals surface area (Å²) in [5.74, 6) is 5.33. The van der Waals surface area contributed by atoms with Gasteiger partial charge in [-0.05, 0) is 194 Å². The lowest BCUT2D eigenvalue weighted by atomic mass is 9.67. The fourth-order valence-corrected chi connectivity index (χ4v) is 14.7. The number of nitriles is 2. The van der Waals surface area contributed by atoms with Gasteiger partial charge in [0, 0.05) is 21.5 Å². The van der Waals surface area contributed by atoms with E-state index in [0.29, 0.717) is 23.7 Å². The van der Waals surface area contributed by atoms with Gasteiger partial charge in [0.05, 0.1) is 39.8 Å². The molecule has 0 saturated heterocycles. The minimum Gasteiger partial charge on any atom is -0.308 e. The lowest BCUT2D eigenvalue weighted by Gasteiger charge is -2.38. The Kier molecular flexibility index (Phi) is 5.40. The van der Waals surface area contributed by atoms with Gasteiger partial charge in [-0.2, -0.15) is 10.5 Å². The number of rotatable bonds is 0. The molecule has 4 aromatic carbocycles. The third-order valence-corrected chi connectivity index (χ3v) is 16.0. The highest BCUT2D eigenvalue weighted by Crippen LogP contribution is 2.62. The van der Waals surface area contributed by atoms with E-state index >= 15 is 0 Å². The van der Waals surface area contributed by atoms with Crippen LogP contribution in [-0.4, -0.2) is 4.40 Å². The van der Waals surface area contributed by atoms with Gasteiger partial charge in [-0.1, -0.05) is 30.3 Å². The number of hydrogen-bond acceptors (Lipinski definition) is 2. The summed E-state index contributed by atoms with van der Waals surface area (Å²) in [5.41, 5.74) is 17.7. The first-order valence-corrected chi connectivity index (χ1v) is 20.4. The van der Waals surface area contributed by atoms with Gasteiger partial charge in [0.15, 0.2) is 0 Å². The molecule has 4 atom stereocenters. The van der Waals surface area contributed by atoms with Gasteiger partial charge in [-0.3, -0.25) is 0 Å². The zero-order chi connectivity index (χ0) is 33.3. The molecular formula is C48H43N3. The Morgan fingerprint density at radius 3 is 1.33 bits per heavy atom. The largest absolute Gasteiger partial charge is 0.308 e. The lowest BCUT2D eigenvalue weighted by Crippen LogP contribution is -2.25. The van der Waals surface area contributed by atoms with E-state index in [1.54, 1.807) is 11.1 Å². The molecular weight excluding hydrogens is 619 g/mol. The third kappa shape index (κ3) is 3.59. The van der Waals surface area contributed by atoms with Gasteiger partial charge in [0.1, 0.15) is 0 Å². The summed E-state index contributed by atoms with van der Waals surface area (Å²) in [4.78, 5) is 0. The first kappa shape index (κ1) is 28.3. The fourth-order valence-electron chi connectivity index (χ4n) is 14.7. The van der Waals surface area contributed by atoms with Crippen LogP contribution in [0.5, 0.6) is 0 Å². The van der Waals surface area contributed by atoms with E-state index in [4.69, 9.17) is 0 Å². The van der Waals surface area contributed by atoms with Gasteiger partial charge in [0.25, 0.3) is 0 Å². The molecule has 9 aliphatic carbocycles. The summed E-state index contributed by atoms with van der Waals surface area (Å²) >= 11 is 0. The van der Waals surface area contributed by atoms with Crippen molar-refractivity contribution in [3.05, 3.63) is 98.1 Å². The topological polar surface area (TPSA) is 52.0 Å². The maximum absolute atomic E-state index is 11.0. The molecule has 4 fully saturated rings. The molecule has 250 valence electrons. The molecule has 6 aromatic rings. The standard InChI is InChI=1S/C48H43N3/c49-22-36-20-38-46(42-34-15-26-9-27(16-34)12-32(11-26)40(36)42)44-30-6-4-24-2-1-3-25(8-24)5-7-31(19-30)45-47-39(51(38)48(44)45)21-37(23-50)41-33-13-28-10-29(14-33)18-35(17-28)43(41)47/h1-3,8,19-21,26-29,32-35H,4-7,9-18H2. The van der Waals surface area contributed by atoms with Crippen LogP contribution in [0.25, 0.3) is 38.1 Å². The van der Waals surface area contributed by atoms with Gasteiger partial charge < -0.3 is 4.40 Å². The average Bonchev–Trinajstić information content (AvgIpc) is 3.51. The molecule has 4 saturated carbocycles. The molecule has 51 heavy (non-hydrogen) atoms. The molecule has 2 heterocycles. The minimum atomic E-state index is 0.520. The van der Waals surface area contributed by atoms with E-state index in [1.807, 2.05) is 0 Å². The smallest absolute Gasteiger partial charge is 0.0995 e. The number of nitrogens with zero attached hydrogens (tertiary/aromatic N) is 3. The van der Waals surface area contributed by atoms with Crippen molar-refractivity contribution in [3.63, 3.8) is 0 Å². The first-order valence-electron chi connectivity index (χ1n) is 20.4. The summed E-state index contributed by atoms with van der Waals surface area (Å²) in [6.45, 7) is 0. The van der Waals surface area contributed by atoms with Crippen molar-refractivity contribution in [2.24, 2.45) is 23.7 Å². The second-order valence-electron chi connectivity index (χ2n) is 18.6. The second-order valence-corrected chi connectivity index (χ2v) is 18.6. The van der Waals surface area contributed by atoms with Gasteiger partial charge in [-0.25, -0.2) is 0 Å². The van der Waals surface area contributed by atoms with Crippen LogP contribution in [0.2, 0.25) is 0 Å². The van der Waals surface area contributed by atoms with Crippen molar-refractivity contribution in [2.75, 3.05) is 0 Å². The van der Waals surface area contributed by atoms with Crippen LogP contribution >= 0.6 is 0 Å². The Morgan fingerprint density at radius 2 is 0.902 bits per heavy atom. The number of fused-ring (bicyclic) bond motifs is 12. The van der Waals surface area contributed by atoms with Gasteiger partial charge >= 0.3 is 0 Å². The fraction of sp³-hybridized carbons (Fsp3) is 0.458.